The summed E-state index contributed by atoms with van der Waals surface area (Å²) in [5.41, 5.74) is 1.10. The van der Waals surface area contributed by atoms with Crippen molar-refractivity contribution in [2.24, 2.45) is 4.99 Å². The van der Waals surface area contributed by atoms with Gasteiger partial charge in [0.1, 0.15) is 11.6 Å². The Morgan fingerprint density at radius 3 is 2.96 bits per heavy atom. The van der Waals surface area contributed by atoms with Gasteiger partial charge in [0.05, 0.1) is 12.6 Å². The fourth-order valence-electron chi connectivity index (χ4n) is 3.18. The van der Waals surface area contributed by atoms with Crippen molar-refractivity contribution in [1.82, 2.24) is 25.4 Å². The fraction of sp³-hybridized carbons (Fsp3) is 0.526. The van der Waals surface area contributed by atoms with Crippen LogP contribution in [0.5, 0.6) is 0 Å². The molecule has 146 valence electrons. The van der Waals surface area contributed by atoms with Crippen molar-refractivity contribution in [1.29, 1.82) is 0 Å². The molecule has 8 heteroatoms. The van der Waals surface area contributed by atoms with Crippen LogP contribution in [-0.4, -0.2) is 43.8 Å². The highest BCUT2D eigenvalue weighted by molar-refractivity contribution is 7.84. The van der Waals surface area contributed by atoms with E-state index < -0.39 is 10.8 Å². The van der Waals surface area contributed by atoms with E-state index in [-0.39, 0.29) is 6.04 Å². The van der Waals surface area contributed by atoms with Crippen LogP contribution in [0.1, 0.15) is 43.0 Å². The average Bonchev–Trinajstić information content (AvgIpc) is 3.04. The van der Waals surface area contributed by atoms with Gasteiger partial charge in [-0.05, 0) is 32.3 Å². The number of aliphatic imine (C=N–C) groups is 1. The Kier molecular flexibility index (Phi) is 6.98. The number of aromatic nitrogens is 3. The van der Waals surface area contributed by atoms with Crippen molar-refractivity contribution in [3.8, 4) is 0 Å². The first-order chi connectivity index (χ1) is 13.2. The van der Waals surface area contributed by atoms with Crippen LogP contribution >= 0.6 is 0 Å². The van der Waals surface area contributed by atoms with Crippen LogP contribution in [0, 0.1) is 6.92 Å². The minimum absolute atomic E-state index is 0.104. The van der Waals surface area contributed by atoms with Gasteiger partial charge in [0.2, 0.25) is 0 Å². The number of nitrogens with one attached hydrogen (secondary N) is 2. The Labute approximate surface area is 163 Å². The van der Waals surface area contributed by atoms with E-state index >= 15 is 0 Å². The molecule has 0 saturated heterocycles. The molecular weight excluding hydrogens is 360 g/mol. The van der Waals surface area contributed by atoms with Gasteiger partial charge < -0.3 is 10.6 Å². The van der Waals surface area contributed by atoms with Gasteiger partial charge in [-0.15, -0.1) is 0 Å². The molecule has 2 N–H and O–H groups in total. The maximum Gasteiger partial charge on any atom is 0.191 e. The van der Waals surface area contributed by atoms with Gasteiger partial charge in [-0.1, -0.05) is 30.3 Å². The molecule has 27 heavy (non-hydrogen) atoms. The van der Waals surface area contributed by atoms with Crippen LogP contribution in [-0.2, 0) is 23.1 Å². The normalized spacial score (nSPS) is 18.0. The second-order valence-corrected chi connectivity index (χ2v) is 8.19. The second-order valence-electron chi connectivity index (χ2n) is 6.61. The van der Waals surface area contributed by atoms with Gasteiger partial charge in [-0.2, -0.15) is 5.10 Å². The summed E-state index contributed by atoms with van der Waals surface area (Å²) in [5.74, 6) is 3.64. The van der Waals surface area contributed by atoms with Crippen molar-refractivity contribution < 1.29 is 4.21 Å². The van der Waals surface area contributed by atoms with Crippen LogP contribution in [0.15, 0.2) is 35.3 Å². The molecule has 0 amide bonds. The fourth-order valence-corrected chi connectivity index (χ4v) is 4.19. The maximum atomic E-state index is 12.3. The highest BCUT2D eigenvalue weighted by Gasteiger charge is 2.24. The van der Waals surface area contributed by atoms with E-state index in [0.717, 1.165) is 49.1 Å². The zero-order chi connectivity index (χ0) is 19.1. The number of hydrogen-bond acceptors (Lipinski definition) is 4. The number of aryl methyl sites for hydroxylation is 2. The standard InChI is InChI=1S/C19H28N6OS/c1-3-20-19(21-11-13-27(26)14-16-8-5-4-6-9-16)23-17-10-7-12-25-18(17)22-15(2)24-25/h4-6,8-9,17H,3,7,10-14H2,1-2H3,(H2,20,21,23). The molecular formula is C19H28N6OS. The lowest BCUT2D eigenvalue weighted by Gasteiger charge is -2.25. The van der Waals surface area contributed by atoms with Gasteiger partial charge in [0.25, 0.3) is 0 Å². The molecule has 1 aromatic heterocycles. The molecule has 1 aliphatic rings. The summed E-state index contributed by atoms with van der Waals surface area (Å²) in [4.78, 5) is 9.17. The third kappa shape index (κ3) is 5.63. The molecule has 1 aliphatic heterocycles. The Morgan fingerprint density at radius 2 is 2.19 bits per heavy atom. The van der Waals surface area contributed by atoms with Crippen molar-refractivity contribution in [3.63, 3.8) is 0 Å². The summed E-state index contributed by atoms with van der Waals surface area (Å²) in [6.45, 7) is 6.17. The highest BCUT2D eigenvalue weighted by Crippen LogP contribution is 2.22. The number of hydrogen-bond donors (Lipinski definition) is 2. The van der Waals surface area contributed by atoms with Gasteiger partial charge in [-0.25, -0.2) is 9.67 Å². The molecule has 7 nitrogen and oxygen atoms in total. The van der Waals surface area contributed by atoms with Crippen LogP contribution in [0.25, 0.3) is 0 Å². The third-order valence-electron chi connectivity index (χ3n) is 4.40. The molecule has 3 rings (SSSR count). The predicted octanol–water partition coefficient (Wildman–Crippen LogP) is 1.93. The molecule has 2 atom stereocenters. The first-order valence-electron chi connectivity index (χ1n) is 9.51. The Balaban J connectivity index is 1.56. The molecule has 0 bridgehead atoms. The first-order valence-corrected chi connectivity index (χ1v) is 11.0. The largest absolute Gasteiger partial charge is 0.357 e. The molecule has 2 heterocycles. The van der Waals surface area contributed by atoms with Crippen molar-refractivity contribution in [2.75, 3.05) is 18.8 Å². The van der Waals surface area contributed by atoms with Crippen LogP contribution in [0.2, 0.25) is 0 Å². The van der Waals surface area contributed by atoms with Gasteiger partial charge in [0.15, 0.2) is 5.96 Å². The summed E-state index contributed by atoms with van der Waals surface area (Å²) in [6.07, 6.45) is 2.07. The highest BCUT2D eigenvalue weighted by atomic mass is 32.2. The number of nitrogens with zero attached hydrogens (tertiary/aromatic N) is 4. The van der Waals surface area contributed by atoms with E-state index in [1.165, 1.54) is 0 Å². The lowest BCUT2D eigenvalue weighted by molar-refractivity contribution is 0.398. The van der Waals surface area contributed by atoms with Crippen molar-refractivity contribution in [3.05, 3.63) is 47.5 Å². The number of fused-ring (bicyclic) bond motifs is 1. The molecule has 0 saturated carbocycles. The van der Waals surface area contributed by atoms with Gasteiger partial charge >= 0.3 is 0 Å². The SMILES string of the molecule is CCNC(=NCCS(=O)Cc1ccccc1)NC1CCCn2nc(C)nc21. The van der Waals surface area contributed by atoms with Crippen LogP contribution in [0.4, 0.5) is 0 Å². The number of rotatable bonds is 7. The quantitative estimate of drug-likeness (QED) is 0.559. The monoisotopic (exact) mass is 388 g/mol. The summed E-state index contributed by atoms with van der Waals surface area (Å²) >= 11 is 0. The van der Waals surface area contributed by atoms with Gasteiger partial charge in [0, 0.05) is 35.4 Å². The molecule has 2 aromatic rings. The topological polar surface area (TPSA) is 84.2 Å². The van der Waals surface area contributed by atoms with E-state index in [9.17, 15) is 4.21 Å². The van der Waals surface area contributed by atoms with Crippen LogP contribution in [0.3, 0.4) is 0 Å². The lowest BCUT2D eigenvalue weighted by Crippen LogP contribution is -2.41. The summed E-state index contributed by atoms with van der Waals surface area (Å²) < 4.78 is 14.3. The lowest BCUT2D eigenvalue weighted by atomic mass is 10.1. The van der Waals surface area contributed by atoms with E-state index in [4.69, 9.17) is 0 Å². The van der Waals surface area contributed by atoms with E-state index in [0.29, 0.717) is 18.1 Å². The molecule has 0 radical (unpaired) electrons. The Hall–Kier alpha value is -2.22. The predicted molar refractivity (Wildman–Crippen MR) is 109 cm³/mol. The number of benzene rings is 1. The zero-order valence-electron chi connectivity index (χ0n) is 16.0. The molecule has 0 aliphatic carbocycles. The molecule has 1 aromatic carbocycles. The van der Waals surface area contributed by atoms with Crippen molar-refractivity contribution in [2.45, 2.75) is 45.0 Å². The van der Waals surface area contributed by atoms with E-state index in [1.807, 2.05) is 48.9 Å². The average molecular weight is 389 g/mol. The van der Waals surface area contributed by atoms with Crippen LogP contribution < -0.4 is 10.6 Å². The zero-order valence-corrected chi connectivity index (χ0v) is 16.8. The maximum absolute atomic E-state index is 12.3. The Bertz CT molecular complexity index is 789. The first kappa shape index (κ1) is 19.5. The second kappa shape index (κ2) is 9.64. The molecule has 0 spiro atoms. The third-order valence-corrected chi connectivity index (χ3v) is 5.69. The van der Waals surface area contributed by atoms with Gasteiger partial charge in [-0.3, -0.25) is 9.20 Å². The smallest absolute Gasteiger partial charge is 0.191 e. The van der Waals surface area contributed by atoms with E-state index in [2.05, 4.69) is 25.7 Å². The van der Waals surface area contributed by atoms with Crippen molar-refractivity contribution >= 4 is 16.8 Å². The molecule has 0 fully saturated rings. The van der Waals surface area contributed by atoms with E-state index in [1.54, 1.807) is 0 Å². The summed E-state index contributed by atoms with van der Waals surface area (Å²) in [7, 11) is -0.920. The molecule has 2 unspecified atom stereocenters. The minimum Gasteiger partial charge on any atom is -0.357 e. The summed E-state index contributed by atoms with van der Waals surface area (Å²) in [5, 5.41) is 11.2. The number of guanidine groups is 1. The summed E-state index contributed by atoms with van der Waals surface area (Å²) in [6, 6.07) is 10.0. The minimum atomic E-state index is -0.920. The Morgan fingerprint density at radius 1 is 1.37 bits per heavy atom.